The van der Waals surface area contributed by atoms with Gasteiger partial charge in [-0.15, -0.1) is 0 Å². The van der Waals surface area contributed by atoms with E-state index in [2.05, 4.69) is 10.6 Å². The molecule has 5 nitrogen and oxygen atoms in total. The molecule has 0 aromatic heterocycles. The zero-order chi connectivity index (χ0) is 16.5. The van der Waals surface area contributed by atoms with Crippen LogP contribution in [0.2, 0.25) is 0 Å². The quantitative estimate of drug-likeness (QED) is 0.814. The van der Waals surface area contributed by atoms with Gasteiger partial charge in [-0.05, 0) is 24.8 Å². The van der Waals surface area contributed by atoms with Gasteiger partial charge in [-0.25, -0.2) is 4.79 Å². The lowest BCUT2D eigenvalue weighted by atomic mass is 10.0. The van der Waals surface area contributed by atoms with Crippen LogP contribution in [-0.2, 0) is 16.1 Å². The monoisotopic (exact) mass is 306 g/mol. The van der Waals surface area contributed by atoms with Crippen molar-refractivity contribution in [1.29, 1.82) is 0 Å². The summed E-state index contributed by atoms with van der Waals surface area (Å²) in [5.41, 5.74) is 0.905. The molecule has 1 aromatic rings. The summed E-state index contributed by atoms with van der Waals surface area (Å²) in [5.74, 6) is -0.200. The van der Waals surface area contributed by atoms with Crippen molar-refractivity contribution in [3.8, 4) is 0 Å². The molecule has 0 spiro atoms. The van der Waals surface area contributed by atoms with Crippen LogP contribution in [0.1, 0.15) is 39.7 Å². The van der Waals surface area contributed by atoms with Gasteiger partial charge in [0.05, 0.1) is 0 Å². The molecule has 122 valence electrons. The minimum absolute atomic E-state index is 0.0201. The molecule has 0 bridgehead atoms. The summed E-state index contributed by atoms with van der Waals surface area (Å²) in [4.78, 5) is 24.1. The molecular formula is C17H26N2O3. The number of rotatable bonds is 7. The lowest BCUT2D eigenvalue weighted by Gasteiger charge is -2.23. The number of carbonyl (C=O) groups is 2. The summed E-state index contributed by atoms with van der Waals surface area (Å²) in [7, 11) is 0. The van der Waals surface area contributed by atoms with Crippen LogP contribution >= 0.6 is 0 Å². The van der Waals surface area contributed by atoms with Gasteiger partial charge >= 0.3 is 6.09 Å². The van der Waals surface area contributed by atoms with Crippen molar-refractivity contribution < 1.29 is 14.3 Å². The third kappa shape index (κ3) is 6.16. The van der Waals surface area contributed by atoms with Gasteiger partial charge < -0.3 is 15.4 Å². The number of alkyl carbamates (subject to hydrolysis) is 1. The maximum Gasteiger partial charge on any atom is 0.408 e. The zero-order valence-corrected chi connectivity index (χ0v) is 13.8. The first-order chi connectivity index (χ1) is 10.4. The fraction of sp³-hybridized carbons (Fsp3) is 0.529. The molecular weight excluding hydrogens is 280 g/mol. The molecule has 0 saturated heterocycles. The van der Waals surface area contributed by atoms with Gasteiger partial charge in [0.15, 0.2) is 0 Å². The first kappa shape index (κ1) is 18.0. The van der Waals surface area contributed by atoms with E-state index < -0.39 is 12.1 Å². The Morgan fingerprint density at radius 2 is 1.73 bits per heavy atom. The SMILES string of the molecule is CC[C@@H](C)NC(=O)[C@@H](NC(=O)OCc1ccccc1)C(C)C. The van der Waals surface area contributed by atoms with Crippen LogP contribution < -0.4 is 10.6 Å². The van der Waals surface area contributed by atoms with Gasteiger partial charge in [0, 0.05) is 6.04 Å². The van der Waals surface area contributed by atoms with Gasteiger partial charge in [0.2, 0.25) is 5.91 Å². The Kier molecular flexibility index (Phi) is 7.43. The fourth-order valence-electron chi connectivity index (χ4n) is 1.86. The van der Waals surface area contributed by atoms with E-state index in [1.54, 1.807) is 0 Å². The molecule has 0 saturated carbocycles. The number of hydrogen-bond donors (Lipinski definition) is 2. The van der Waals surface area contributed by atoms with E-state index in [1.165, 1.54) is 0 Å². The molecule has 1 aromatic carbocycles. The van der Waals surface area contributed by atoms with E-state index in [1.807, 2.05) is 58.0 Å². The third-order valence-electron chi connectivity index (χ3n) is 3.44. The Labute approximate surface area is 132 Å². The number of carbonyl (C=O) groups excluding carboxylic acids is 2. The molecule has 0 heterocycles. The molecule has 2 amide bonds. The van der Waals surface area contributed by atoms with E-state index in [4.69, 9.17) is 4.74 Å². The highest BCUT2D eigenvalue weighted by atomic mass is 16.5. The Morgan fingerprint density at radius 1 is 1.09 bits per heavy atom. The van der Waals surface area contributed by atoms with Crippen LogP contribution in [0, 0.1) is 5.92 Å². The van der Waals surface area contributed by atoms with Crippen LogP contribution in [0.4, 0.5) is 4.79 Å². The van der Waals surface area contributed by atoms with Gasteiger partial charge in [-0.1, -0.05) is 51.1 Å². The second kappa shape index (κ2) is 9.07. The summed E-state index contributed by atoms with van der Waals surface area (Å²) in [6.45, 7) is 7.89. The molecule has 0 fully saturated rings. The maximum absolute atomic E-state index is 12.2. The molecule has 0 aliphatic carbocycles. The van der Waals surface area contributed by atoms with E-state index in [0.29, 0.717) is 0 Å². The Bertz CT molecular complexity index is 474. The third-order valence-corrected chi connectivity index (χ3v) is 3.44. The van der Waals surface area contributed by atoms with Crippen molar-refractivity contribution in [2.24, 2.45) is 5.92 Å². The molecule has 2 N–H and O–H groups in total. The predicted molar refractivity (Wildman–Crippen MR) is 86.3 cm³/mol. The number of hydrogen-bond acceptors (Lipinski definition) is 3. The summed E-state index contributed by atoms with van der Waals surface area (Å²) >= 11 is 0. The highest BCUT2D eigenvalue weighted by Crippen LogP contribution is 2.05. The molecule has 22 heavy (non-hydrogen) atoms. The standard InChI is InChI=1S/C17H26N2O3/c1-5-13(4)18-16(20)15(12(2)3)19-17(21)22-11-14-9-7-6-8-10-14/h6-10,12-13,15H,5,11H2,1-4H3,(H,18,20)(H,19,21)/t13-,15+/m1/s1. The number of nitrogens with one attached hydrogen (secondary N) is 2. The summed E-state index contributed by atoms with van der Waals surface area (Å²) in [6, 6.07) is 8.90. The number of amides is 2. The fourth-order valence-corrected chi connectivity index (χ4v) is 1.86. The normalized spacial score (nSPS) is 13.3. The average Bonchev–Trinajstić information content (AvgIpc) is 2.51. The van der Waals surface area contributed by atoms with Crippen molar-refractivity contribution in [3.05, 3.63) is 35.9 Å². The van der Waals surface area contributed by atoms with Crippen molar-refractivity contribution in [1.82, 2.24) is 10.6 Å². The molecule has 0 radical (unpaired) electrons. The summed E-state index contributed by atoms with van der Waals surface area (Å²) in [6.07, 6.45) is 0.261. The van der Waals surface area contributed by atoms with Crippen LogP contribution in [0.3, 0.4) is 0 Å². The van der Waals surface area contributed by atoms with Gasteiger partial charge in [0.1, 0.15) is 12.6 Å². The van der Waals surface area contributed by atoms with Crippen LogP contribution in [0.25, 0.3) is 0 Å². The van der Waals surface area contributed by atoms with E-state index in [9.17, 15) is 9.59 Å². The van der Waals surface area contributed by atoms with Crippen molar-refractivity contribution in [3.63, 3.8) is 0 Å². The van der Waals surface area contributed by atoms with E-state index >= 15 is 0 Å². The molecule has 0 aliphatic heterocycles. The van der Waals surface area contributed by atoms with Crippen LogP contribution in [0.5, 0.6) is 0 Å². The number of ether oxygens (including phenoxy) is 1. The topological polar surface area (TPSA) is 67.4 Å². The molecule has 2 atom stereocenters. The molecule has 1 rings (SSSR count). The summed E-state index contributed by atoms with van der Waals surface area (Å²) < 4.78 is 5.16. The largest absolute Gasteiger partial charge is 0.445 e. The minimum Gasteiger partial charge on any atom is -0.445 e. The Balaban J connectivity index is 2.51. The smallest absolute Gasteiger partial charge is 0.408 e. The van der Waals surface area contributed by atoms with Crippen molar-refractivity contribution >= 4 is 12.0 Å². The molecule has 0 aliphatic rings. The summed E-state index contributed by atoms with van der Waals surface area (Å²) in [5, 5.41) is 5.52. The Morgan fingerprint density at radius 3 is 2.27 bits per heavy atom. The highest BCUT2D eigenvalue weighted by molar-refractivity contribution is 5.86. The zero-order valence-electron chi connectivity index (χ0n) is 13.8. The first-order valence-electron chi connectivity index (χ1n) is 7.71. The van der Waals surface area contributed by atoms with Crippen molar-refractivity contribution in [2.45, 2.75) is 52.8 Å². The lowest BCUT2D eigenvalue weighted by molar-refractivity contribution is -0.124. The maximum atomic E-state index is 12.2. The van der Waals surface area contributed by atoms with Crippen molar-refractivity contribution in [2.75, 3.05) is 0 Å². The predicted octanol–water partition coefficient (Wildman–Crippen LogP) is 2.85. The number of benzene rings is 1. The molecule has 0 unspecified atom stereocenters. The Hall–Kier alpha value is -2.04. The second-order valence-electron chi connectivity index (χ2n) is 5.75. The average molecular weight is 306 g/mol. The van der Waals surface area contributed by atoms with E-state index in [-0.39, 0.29) is 24.5 Å². The first-order valence-corrected chi connectivity index (χ1v) is 7.71. The van der Waals surface area contributed by atoms with Gasteiger partial charge in [-0.2, -0.15) is 0 Å². The lowest BCUT2D eigenvalue weighted by Crippen LogP contribution is -2.51. The van der Waals surface area contributed by atoms with Gasteiger partial charge in [-0.3, -0.25) is 4.79 Å². The van der Waals surface area contributed by atoms with Crippen LogP contribution in [-0.4, -0.2) is 24.1 Å². The highest BCUT2D eigenvalue weighted by Gasteiger charge is 2.25. The van der Waals surface area contributed by atoms with E-state index in [0.717, 1.165) is 12.0 Å². The second-order valence-corrected chi connectivity index (χ2v) is 5.75. The van der Waals surface area contributed by atoms with Gasteiger partial charge in [0.25, 0.3) is 0 Å². The minimum atomic E-state index is -0.600. The molecule has 5 heteroatoms. The van der Waals surface area contributed by atoms with Crippen LogP contribution in [0.15, 0.2) is 30.3 Å².